The first-order valence-corrected chi connectivity index (χ1v) is 6.21. The van der Waals surface area contributed by atoms with E-state index in [1.54, 1.807) is 0 Å². The summed E-state index contributed by atoms with van der Waals surface area (Å²) in [4.78, 5) is 32.9. The zero-order valence-corrected chi connectivity index (χ0v) is 11.8. The van der Waals surface area contributed by atoms with Crippen molar-refractivity contribution in [3.63, 3.8) is 0 Å². The summed E-state index contributed by atoms with van der Waals surface area (Å²) in [5, 5.41) is 19.9. The van der Waals surface area contributed by atoms with Crippen LogP contribution in [0.1, 0.15) is 20.8 Å². The van der Waals surface area contributed by atoms with Crippen molar-refractivity contribution in [3.8, 4) is 0 Å². The van der Waals surface area contributed by atoms with E-state index in [0.29, 0.717) is 0 Å². The monoisotopic (exact) mass is 306 g/mol. The quantitative estimate of drug-likeness (QED) is 0.470. The zero-order valence-electron chi connectivity index (χ0n) is 11.8. The smallest absolute Gasteiger partial charge is 0.303 e. The second kappa shape index (κ2) is 7.34. The van der Waals surface area contributed by atoms with E-state index in [9.17, 15) is 24.6 Å². The fraction of sp³-hybridized carbons (Fsp3) is 0.750. The van der Waals surface area contributed by atoms with E-state index in [-0.39, 0.29) is 6.61 Å². The minimum Gasteiger partial charge on any atom is -0.463 e. The second-order valence-corrected chi connectivity index (χ2v) is 4.51. The molecule has 2 unspecified atom stereocenters. The van der Waals surface area contributed by atoms with Gasteiger partial charge in [-0.05, 0) is 0 Å². The number of hydrogen-bond donors (Lipinski definition) is 2. The number of esters is 3. The Balaban J connectivity index is 2.87. The molecule has 1 saturated heterocycles. The van der Waals surface area contributed by atoms with Crippen molar-refractivity contribution < 1.29 is 43.5 Å². The summed E-state index contributed by atoms with van der Waals surface area (Å²) >= 11 is 0. The molecule has 9 heteroatoms. The summed E-state index contributed by atoms with van der Waals surface area (Å²) in [7, 11) is 0. The van der Waals surface area contributed by atoms with Crippen molar-refractivity contribution in [1.29, 1.82) is 0 Å². The molecular formula is C12H18O9. The SMILES string of the molecule is CC(=O)OC[C@@H]1OC(O)C(OC(C)=O)[C@H](OC(C)=O)[C@@H]1O. The van der Waals surface area contributed by atoms with Gasteiger partial charge in [0, 0.05) is 20.8 Å². The van der Waals surface area contributed by atoms with E-state index in [0.717, 1.165) is 20.8 Å². The molecule has 0 aromatic carbocycles. The molecule has 0 aliphatic carbocycles. The number of hydrogen-bond acceptors (Lipinski definition) is 9. The van der Waals surface area contributed by atoms with Gasteiger partial charge in [-0.2, -0.15) is 0 Å². The van der Waals surface area contributed by atoms with Crippen LogP contribution >= 0.6 is 0 Å². The second-order valence-electron chi connectivity index (χ2n) is 4.51. The average Bonchev–Trinajstić information content (AvgIpc) is 2.35. The number of aliphatic hydroxyl groups is 2. The summed E-state index contributed by atoms with van der Waals surface area (Å²) in [6.45, 7) is 3.00. The molecule has 0 amide bonds. The highest BCUT2D eigenvalue weighted by atomic mass is 16.7. The van der Waals surface area contributed by atoms with E-state index in [1.165, 1.54) is 0 Å². The third-order valence-electron chi connectivity index (χ3n) is 2.69. The lowest BCUT2D eigenvalue weighted by molar-refractivity contribution is -0.293. The molecule has 0 spiro atoms. The molecule has 0 bridgehead atoms. The molecule has 1 heterocycles. The summed E-state index contributed by atoms with van der Waals surface area (Å²) in [5.74, 6) is -2.09. The van der Waals surface area contributed by atoms with E-state index in [2.05, 4.69) is 4.74 Å². The van der Waals surface area contributed by atoms with E-state index >= 15 is 0 Å². The zero-order chi connectivity index (χ0) is 16.2. The van der Waals surface area contributed by atoms with Crippen molar-refractivity contribution >= 4 is 17.9 Å². The number of carbonyl (C=O) groups is 3. The molecule has 120 valence electrons. The van der Waals surface area contributed by atoms with Gasteiger partial charge in [0.15, 0.2) is 18.5 Å². The van der Waals surface area contributed by atoms with Crippen LogP contribution in [0.2, 0.25) is 0 Å². The summed E-state index contributed by atoms with van der Waals surface area (Å²) < 4.78 is 19.4. The topological polar surface area (TPSA) is 129 Å². The van der Waals surface area contributed by atoms with Gasteiger partial charge < -0.3 is 29.2 Å². The third kappa shape index (κ3) is 4.96. The Morgan fingerprint density at radius 2 is 1.48 bits per heavy atom. The molecule has 0 radical (unpaired) electrons. The van der Waals surface area contributed by atoms with Crippen molar-refractivity contribution in [2.75, 3.05) is 6.61 Å². The normalized spacial score (nSPS) is 32.1. The van der Waals surface area contributed by atoms with Crippen LogP contribution in [-0.2, 0) is 33.3 Å². The van der Waals surface area contributed by atoms with Gasteiger partial charge in [0.2, 0.25) is 0 Å². The first-order chi connectivity index (χ1) is 9.72. The average molecular weight is 306 g/mol. The third-order valence-corrected chi connectivity index (χ3v) is 2.69. The van der Waals surface area contributed by atoms with E-state index in [4.69, 9.17) is 14.2 Å². The van der Waals surface area contributed by atoms with Gasteiger partial charge in [0.05, 0.1) is 0 Å². The molecule has 1 aliphatic rings. The van der Waals surface area contributed by atoms with Crippen LogP contribution < -0.4 is 0 Å². The minimum absolute atomic E-state index is 0.349. The standard InChI is InChI=1S/C12H18O9/c1-5(13)18-4-8-9(16)10(19-6(2)14)11(12(17)21-8)20-7(3)15/h8-12,16-17H,4H2,1-3H3/t8-,9+,10+,11?,12?/m0/s1. The van der Waals surface area contributed by atoms with Crippen LogP contribution in [0.3, 0.4) is 0 Å². The van der Waals surface area contributed by atoms with Gasteiger partial charge in [0.1, 0.15) is 18.8 Å². The van der Waals surface area contributed by atoms with Gasteiger partial charge >= 0.3 is 17.9 Å². The van der Waals surface area contributed by atoms with Gasteiger partial charge in [0.25, 0.3) is 0 Å². The fourth-order valence-electron chi connectivity index (χ4n) is 1.89. The Labute approximate surface area is 120 Å². The predicted molar refractivity (Wildman–Crippen MR) is 64.6 cm³/mol. The molecule has 0 saturated carbocycles. The molecule has 1 fully saturated rings. The number of carbonyl (C=O) groups excluding carboxylic acids is 3. The molecule has 2 N–H and O–H groups in total. The van der Waals surface area contributed by atoms with Gasteiger partial charge in [-0.3, -0.25) is 14.4 Å². The van der Waals surface area contributed by atoms with Gasteiger partial charge in [-0.1, -0.05) is 0 Å². The lowest BCUT2D eigenvalue weighted by Gasteiger charge is -2.41. The molecule has 0 aromatic rings. The van der Waals surface area contributed by atoms with E-state index < -0.39 is 48.6 Å². The van der Waals surface area contributed by atoms with Crippen LogP contribution in [0.25, 0.3) is 0 Å². The molecule has 1 rings (SSSR count). The highest BCUT2D eigenvalue weighted by Crippen LogP contribution is 2.25. The van der Waals surface area contributed by atoms with Crippen molar-refractivity contribution in [2.45, 2.75) is 51.5 Å². The fourth-order valence-corrected chi connectivity index (χ4v) is 1.89. The summed E-state index contributed by atoms with van der Waals surface area (Å²) in [5.41, 5.74) is 0. The molecule has 9 nitrogen and oxygen atoms in total. The van der Waals surface area contributed by atoms with Gasteiger partial charge in [-0.25, -0.2) is 0 Å². The van der Waals surface area contributed by atoms with Crippen molar-refractivity contribution in [2.24, 2.45) is 0 Å². The Hall–Kier alpha value is -1.71. The van der Waals surface area contributed by atoms with Crippen LogP contribution in [-0.4, -0.2) is 65.4 Å². The summed E-state index contributed by atoms with van der Waals surface area (Å²) in [6, 6.07) is 0. The first-order valence-electron chi connectivity index (χ1n) is 6.21. The number of ether oxygens (including phenoxy) is 4. The van der Waals surface area contributed by atoms with Crippen molar-refractivity contribution in [1.82, 2.24) is 0 Å². The maximum Gasteiger partial charge on any atom is 0.303 e. The van der Waals surface area contributed by atoms with Crippen LogP contribution in [0.5, 0.6) is 0 Å². The minimum atomic E-state index is -1.64. The van der Waals surface area contributed by atoms with Crippen molar-refractivity contribution in [3.05, 3.63) is 0 Å². The van der Waals surface area contributed by atoms with Crippen LogP contribution in [0.4, 0.5) is 0 Å². The Kier molecular flexibility index (Phi) is 6.06. The predicted octanol–water partition coefficient (Wildman–Crippen LogP) is -1.51. The Morgan fingerprint density at radius 1 is 0.952 bits per heavy atom. The maximum absolute atomic E-state index is 11.1. The number of aliphatic hydroxyl groups excluding tert-OH is 2. The Bertz CT molecular complexity index is 408. The molecule has 5 atom stereocenters. The molecule has 21 heavy (non-hydrogen) atoms. The molecule has 0 aromatic heterocycles. The maximum atomic E-state index is 11.1. The first kappa shape index (κ1) is 17.3. The highest BCUT2D eigenvalue weighted by Gasteiger charge is 2.49. The van der Waals surface area contributed by atoms with Gasteiger partial charge in [-0.15, -0.1) is 0 Å². The lowest BCUT2D eigenvalue weighted by Crippen LogP contribution is -2.61. The lowest BCUT2D eigenvalue weighted by atomic mass is 9.98. The Morgan fingerprint density at radius 3 is 1.95 bits per heavy atom. The van der Waals surface area contributed by atoms with E-state index in [1.807, 2.05) is 0 Å². The number of rotatable bonds is 4. The van der Waals surface area contributed by atoms with Crippen LogP contribution in [0, 0.1) is 0 Å². The summed E-state index contributed by atoms with van der Waals surface area (Å²) in [6.07, 6.45) is -6.92. The largest absolute Gasteiger partial charge is 0.463 e. The van der Waals surface area contributed by atoms with Crippen LogP contribution in [0.15, 0.2) is 0 Å². The molecular weight excluding hydrogens is 288 g/mol. The highest BCUT2D eigenvalue weighted by molar-refractivity contribution is 5.67. The molecule has 1 aliphatic heterocycles.